The predicted molar refractivity (Wildman–Crippen MR) is 194 cm³/mol. The first-order valence-corrected chi connectivity index (χ1v) is 15.5. The van der Waals surface area contributed by atoms with Crippen molar-refractivity contribution < 1.29 is 0 Å². The van der Waals surface area contributed by atoms with Gasteiger partial charge in [0.1, 0.15) is 0 Å². The van der Waals surface area contributed by atoms with E-state index in [0.717, 1.165) is 17.1 Å². The van der Waals surface area contributed by atoms with Crippen LogP contribution in [0.1, 0.15) is 0 Å². The summed E-state index contributed by atoms with van der Waals surface area (Å²) < 4.78 is 0. The maximum absolute atomic E-state index is 2.38. The van der Waals surface area contributed by atoms with Crippen molar-refractivity contribution in [1.82, 2.24) is 0 Å². The van der Waals surface area contributed by atoms with E-state index in [9.17, 15) is 0 Å². The topological polar surface area (TPSA) is 3.24 Å². The van der Waals surface area contributed by atoms with E-state index in [2.05, 4.69) is 181 Å². The van der Waals surface area contributed by atoms with Crippen molar-refractivity contribution in [2.75, 3.05) is 4.90 Å². The second kappa shape index (κ2) is 10.4. The molecule has 0 radical (unpaired) electrons. The Bertz CT molecular complexity index is 2540. The maximum Gasteiger partial charge on any atom is 0.0468 e. The molecule has 9 aromatic rings. The minimum Gasteiger partial charge on any atom is -0.310 e. The van der Waals surface area contributed by atoms with E-state index in [-0.39, 0.29) is 0 Å². The van der Waals surface area contributed by atoms with Crippen LogP contribution in [-0.2, 0) is 0 Å². The number of hydrogen-bond acceptors (Lipinski definition) is 1. The van der Waals surface area contributed by atoms with Crippen LogP contribution in [0.25, 0.3) is 65.0 Å². The molecule has 1 heteroatoms. The van der Waals surface area contributed by atoms with Crippen LogP contribution < -0.4 is 4.90 Å². The summed E-state index contributed by atoms with van der Waals surface area (Å²) in [4.78, 5) is 2.38. The van der Waals surface area contributed by atoms with Crippen molar-refractivity contribution in [3.63, 3.8) is 0 Å². The lowest BCUT2D eigenvalue weighted by molar-refractivity contribution is 1.29. The monoisotopic (exact) mass is 571 g/mol. The number of nitrogens with zero attached hydrogens (tertiary/aromatic N) is 1. The molecule has 210 valence electrons. The molecule has 1 nitrogen and oxygen atoms in total. The van der Waals surface area contributed by atoms with Crippen molar-refractivity contribution in [3.8, 4) is 11.1 Å². The average molecular weight is 572 g/mol. The highest BCUT2D eigenvalue weighted by molar-refractivity contribution is 6.14. The first kappa shape index (κ1) is 25.6. The largest absolute Gasteiger partial charge is 0.310 e. The van der Waals surface area contributed by atoms with Crippen molar-refractivity contribution in [3.05, 3.63) is 176 Å². The molecule has 0 saturated heterocycles. The Balaban J connectivity index is 1.23. The molecular weight excluding hydrogens is 542 g/mol. The summed E-state index contributed by atoms with van der Waals surface area (Å²) in [5, 5.41) is 12.6. The Morgan fingerprint density at radius 3 is 1.51 bits per heavy atom. The summed E-state index contributed by atoms with van der Waals surface area (Å²) in [6.45, 7) is 0. The summed E-state index contributed by atoms with van der Waals surface area (Å²) in [7, 11) is 0. The molecule has 0 aliphatic rings. The smallest absolute Gasteiger partial charge is 0.0468 e. The van der Waals surface area contributed by atoms with Crippen LogP contribution in [0.4, 0.5) is 17.1 Å². The maximum atomic E-state index is 2.38. The third-order valence-corrected chi connectivity index (χ3v) is 9.18. The van der Waals surface area contributed by atoms with Crippen molar-refractivity contribution in [2.45, 2.75) is 0 Å². The lowest BCUT2D eigenvalue weighted by atomic mass is 9.93. The van der Waals surface area contributed by atoms with Crippen molar-refractivity contribution >= 4 is 70.9 Å². The molecule has 0 fully saturated rings. The highest BCUT2D eigenvalue weighted by Gasteiger charge is 2.16. The van der Waals surface area contributed by atoms with Gasteiger partial charge in [-0.1, -0.05) is 133 Å². The average Bonchev–Trinajstić information content (AvgIpc) is 3.11. The molecule has 9 aromatic carbocycles. The second-order valence-electron chi connectivity index (χ2n) is 11.8. The van der Waals surface area contributed by atoms with Gasteiger partial charge in [-0.3, -0.25) is 0 Å². The van der Waals surface area contributed by atoms with Crippen LogP contribution in [0.3, 0.4) is 0 Å². The van der Waals surface area contributed by atoms with E-state index in [1.165, 1.54) is 65.0 Å². The lowest BCUT2D eigenvalue weighted by Gasteiger charge is -2.26. The van der Waals surface area contributed by atoms with Gasteiger partial charge in [0.15, 0.2) is 0 Å². The highest BCUT2D eigenvalue weighted by atomic mass is 15.1. The molecule has 0 spiro atoms. The van der Waals surface area contributed by atoms with Gasteiger partial charge in [-0.15, -0.1) is 0 Å². The minimum atomic E-state index is 1.12. The summed E-state index contributed by atoms with van der Waals surface area (Å²) in [6.07, 6.45) is 0. The van der Waals surface area contributed by atoms with Crippen molar-refractivity contribution in [2.24, 2.45) is 0 Å². The van der Waals surface area contributed by atoms with Crippen LogP contribution in [0.15, 0.2) is 176 Å². The van der Waals surface area contributed by atoms with E-state index >= 15 is 0 Å². The van der Waals surface area contributed by atoms with Crippen LogP contribution in [-0.4, -0.2) is 0 Å². The summed E-state index contributed by atoms with van der Waals surface area (Å²) >= 11 is 0. The molecule has 45 heavy (non-hydrogen) atoms. The minimum absolute atomic E-state index is 1.12. The third kappa shape index (κ3) is 4.32. The number of fused-ring (bicyclic) bond motifs is 7. The summed E-state index contributed by atoms with van der Waals surface area (Å²) in [5.74, 6) is 0. The first-order chi connectivity index (χ1) is 22.3. The molecule has 0 saturated carbocycles. The summed E-state index contributed by atoms with van der Waals surface area (Å²) in [6, 6.07) is 64.1. The Morgan fingerprint density at radius 2 is 0.756 bits per heavy atom. The quantitative estimate of drug-likeness (QED) is 0.190. The molecule has 0 heterocycles. The van der Waals surface area contributed by atoms with E-state index in [0.29, 0.717) is 0 Å². The normalized spacial score (nSPS) is 11.6. The number of hydrogen-bond donors (Lipinski definition) is 0. The second-order valence-corrected chi connectivity index (χ2v) is 11.8. The lowest BCUT2D eigenvalue weighted by Crippen LogP contribution is -2.10. The van der Waals surface area contributed by atoms with Gasteiger partial charge in [0.2, 0.25) is 0 Å². The van der Waals surface area contributed by atoms with Gasteiger partial charge < -0.3 is 4.90 Å². The molecule has 0 N–H and O–H groups in total. The van der Waals surface area contributed by atoms with E-state index < -0.39 is 0 Å². The van der Waals surface area contributed by atoms with Gasteiger partial charge in [0.25, 0.3) is 0 Å². The Morgan fingerprint density at radius 1 is 0.267 bits per heavy atom. The van der Waals surface area contributed by atoms with Gasteiger partial charge in [-0.05, 0) is 107 Å². The van der Waals surface area contributed by atoms with Gasteiger partial charge >= 0.3 is 0 Å². The highest BCUT2D eigenvalue weighted by Crippen LogP contribution is 2.41. The first-order valence-electron chi connectivity index (χ1n) is 15.5. The van der Waals surface area contributed by atoms with E-state index in [4.69, 9.17) is 0 Å². The standard InChI is InChI=1S/C44H29N/c1-2-11-34-27-37(25-19-30(34)9-1)45(38-26-22-32-18-17-31-10-3-5-13-39(31)44(32)29-38)36-23-20-33(21-24-36)43-28-35-12-4-6-14-40(35)41-15-7-8-16-42(41)43/h1-29H. The molecule has 9 rings (SSSR count). The van der Waals surface area contributed by atoms with Crippen LogP contribution >= 0.6 is 0 Å². The number of rotatable bonds is 4. The van der Waals surface area contributed by atoms with Gasteiger partial charge in [-0.25, -0.2) is 0 Å². The van der Waals surface area contributed by atoms with E-state index in [1.54, 1.807) is 0 Å². The third-order valence-electron chi connectivity index (χ3n) is 9.18. The number of benzene rings is 9. The van der Waals surface area contributed by atoms with E-state index in [1.807, 2.05) is 0 Å². The predicted octanol–water partition coefficient (Wildman–Crippen LogP) is 12.6. The van der Waals surface area contributed by atoms with Crippen molar-refractivity contribution in [1.29, 1.82) is 0 Å². The Kier molecular flexibility index (Phi) is 5.89. The van der Waals surface area contributed by atoms with Crippen LogP contribution in [0, 0.1) is 0 Å². The molecule has 0 atom stereocenters. The van der Waals surface area contributed by atoms with Crippen LogP contribution in [0.5, 0.6) is 0 Å². The SMILES string of the molecule is c1ccc2cc(N(c3ccc(-c4cc5ccccc5c5ccccc45)cc3)c3ccc4ccc5ccccc5c4c3)ccc2c1. The zero-order valence-corrected chi connectivity index (χ0v) is 24.7. The van der Waals surface area contributed by atoms with Crippen LogP contribution in [0.2, 0.25) is 0 Å². The molecule has 0 unspecified atom stereocenters. The van der Waals surface area contributed by atoms with Gasteiger partial charge in [0, 0.05) is 17.1 Å². The fourth-order valence-electron chi connectivity index (χ4n) is 6.98. The van der Waals surface area contributed by atoms with Gasteiger partial charge in [-0.2, -0.15) is 0 Å². The molecule has 0 aromatic heterocycles. The fourth-order valence-corrected chi connectivity index (χ4v) is 6.98. The summed E-state index contributed by atoms with van der Waals surface area (Å²) in [5.41, 5.74) is 5.86. The Hall–Kier alpha value is -5.92. The molecule has 0 aliphatic heterocycles. The zero-order valence-electron chi connectivity index (χ0n) is 24.7. The fraction of sp³-hybridized carbons (Fsp3) is 0. The zero-order chi connectivity index (χ0) is 29.7. The molecule has 0 amide bonds. The molecular formula is C44H29N. The molecule has 0 aliphatic carbocycles. The molecule has 0 bridgehead atoms. The van der Waals surface area contributed by atoms with Gasteiger partial charge in [0.05, 0.1) is 0 Å². The Labute approximate surface area is 262 Å². The number of anilines is 3.